The van der Waals surface area contributed by atoms with E-state index in [1.54, 1.807) is 0 Å². The Bertz CT molecular complexity index is 1360. The molecule has 0 amide bonds. The molecular weight excluding hydrogens is 424 g/mol. The molecule has 0 radical (unpaired) electrons. The van der Waals surface area contributed by atoms with E-state index in [0.717, 1.165) is 58.3 Å². The molecule has 8 heteroatoms. The van der Waals surface area contributed by atoms with Crippen LogP contribution in [0.3, 0.4) is 0 Å². The molecule has 34 heavy (non-hydrogen) atoms. The van der Waals surface area contributed by atoms with Crippen LogP contribution in [0, 0.1) is 13.8 Å². The van der Waals surface area contributed by atoms with E-state index in [4.69, 9.17) is 10.7 Å². The van der Waals surface area contributed by atoms with Crippen LogP contribution in [0.4, 0.5) is 5.82 Å². The van der Waals surface area contributed by atoms with Crippen molar-refractivity contribution in [3.63, 3.8) is 0 Å². The molecule has 6 heterocycles. The lowest BCUT2D eigenvalue weighted by molar-refractivity contribution is 0.357. The van der Waals surface area contributed by atoms with Crippen molar-refractivity contribution in [1.82, 2.24) is 34.9 Å². The average molecular weight is 455 g/mol. The SMILES string of the molecule is Cc1nc(-c2ccc(-c3cnn4c(N)c(C5CC5)c(C5CC6CC[C@H](C5)N6)nc34)cn2)[nH]c1C. The Hall–Kier alpha value is -3.26. The van der Waals surface area contributed by atoms with Crippen molar-refractivity contribution < 1.29 is 0 Å². The summed E-state index contributed by atoms with van der Waals surface area (Å²) in [6.45, 7) is 4.02. The smallest absolute Gasteiger partial charge is 0.165 e. The second kappa shape index (κ2) is 7.37. The first-order valence-corrected chi connectivity index (χ1v) is 12.5. The van der Waals surface area contributed by atoms with Crippen LogP contribution in [-0.2, 0) is 0 Å². The first-order valence-electron chi connectivity index (χ1n) is 12.5. The van der Waals surface area contributed by atoms with Gasteiger partial charge in [0, 0.05) is 46.6 Å². The van der Waals surface area contributed by atoms with Crippen LogP contribution < -0.4 is 11.1 Å². The first kappa shape index (κ1) is 20.1. The van der Waals surface area contributed by atoms with Crippen molar-refractivity contribution in [2.24, 2.45) is 0 Å². The monoisotopic (exact) mass is 454 g/mol. The largest absolute Gasteiger partial charge is 0.383 e. The van der Waals surface area contributed by atoms with Crippen LogP contribution >= 0.6 is 0 Å². The molecule has 2 bridgehead atoms. The molecular formula is C26H30N8. The summed E-state index contributed by atoms with van der Waals surface area (Å²) in [6, 6.07) is 5.31. The molecule has 3 aliphatic rings. The highest BCUT2D eigenvalue weighted by molar-refractivity contribution is 5.79. The number of hydrogen-bond donors (Lipinski definition) is 3. The number of aromatic nitrogens is 6. The van der Waals surface area contributed by atoms with Crippen LogP contribution in [0.25, 0.3) is 28.3 Å². The molecule has 2 aliphatic heterocycles. The van der Waals surface area contributed by atoms with E-state index >= 15 is 0 Å². The third-order valence-electron chi connectivity index (χ3n) is 8.04. The summed E-state index contributed by atoms with van der Waals surface area (Å²) in [5.74, 6) is 2.56. The van der Waals surface area contributed by atoms with Gasteiger partial charge in [-0.2, -0.15) is 9.61 Å². The van der Waals surface area contributed by atoms with Gasteiger partial charge in [-0.15, -0.1) is 0 Å². The van der Waals surface area contributed by atoms with Crippen LogP contribution in [0.15, 0.2) is 24.5 Å². The summed E-state index contributed by atoms with van der Waals surface area (Å²) in [7, 11) is 0. The number of nitrogens with zero attached hydrogens (tertiary/aromatic N) is 5. The molecule has 3 fully saturated rings. The maximum atomic E-state index is 6.78. The maximum Gasteiger partial charge on any atom is 0.165 e. The number of imidazole rings is 1. The first-order chi connectivity index (χ1) is 16.5. The zero-order valence-electron chi connectivity index (χ0n) is 19.7. The van der Waals surface area contributed by atoms with Gasteiger partial charge in [0.05, 0.1) is 17.6 Å². The fourth-order valence-corrected chi connectivity index (χ4v) is 5.99. The Morgan fingerprint density at radius 2 is 1.76 bits per heavy atom. The lowest BCUT2D eigenvalue weighted by Crippen LogP contribution is -2.37. The minimum atomic E-state index is 0.468. The van der Waals surface area contributed by atoms with Gasteiger partial charge in [0.25, 0.3) is 0 Å². The minimum Gasteiger partial charge on any atom is -0.383 e. The Morgan fingerprint density at radius 3 is 2.41 bits per heavy atom. The quantitative estimate of drug-likeness (QED) is 0.425. The highest BCUT2D eigenvalue weighted by Crippen LogP contribution is 2.48. The van der Waals surface area contributed by atoms with Crippen LogP contribution in [-0.4, -0.2) is 41.6 Å². The molecule has 174 valence electrons. The van der Waals surface area contributed by atoms with Gasteiger partial charge in [-0.1, -0.05) is 6.07 Å². The molecule has 2 saturated heterocycles. The number of rotatable bonds is 4. The van der Waals surface area contributed by atoms with Crippen molar-refractivity contribution in [2.75, 3.05) is 5.73 Å². The summed E-state index contributed by atoms with van der Waals surface area (Å²) >= 11 is 0. The normalized spacial score (nSPS) is 24.2. The lowest BCUT2D eigenvalue weighted by Gasteiger charge is -2.30. The maximum absolute atomic E-state index is 6.78. The van der Waals surface area contributed by atoms with Crippen LogP contribution in [0.2, 0.25) is 0 Å². The highest BCUT2D eigenvalue weighted by Gasteiger charge is 2.39. The number of aromatic amines is 1. The molecule has 4 aromatic rings. The van der Waals surface area contributed by atoms with E-state index in [-0.39, 0.29) is 0 Å². The van der Waals surface area contributed by atoms with Gasteiger partial charge in [-0.25, -0.2) is 9.97 Å². The predicted octanol–water partition coefficient (Wildman–Crippen LogP) is 4.26. The number of nitrogen functional groups attached to an aromatic ring is 1. The number of nitrogens with two attached hydrogens (primary N) is 1. The second-order valence-corrected chi connectivity index (χ2v) is 10.4. The molecule has 3 atom stereocenters. The van der Waals surface area contributed by atoms with Crippen molar-refractivity contribution in [1.29, 1.82) is 0 Å². The van der Waals surface area contributed by atoms with Gasteiger partial charge in [0.2, 0.25) is 0 Å². The van der Waals surface area contributed by atoms with Crippen molar-refractivity contribution in [3.05, 3.63) is 47.2 Å². The zero-order chi connectivity index (χ0) is 23.0. The molecule has 4 N–H and O–H groups in total. The van der Waals surface area contributed by atoms with Crippen LogP contribution in [0.5, 0.6) is 0 Å². The second-order valence-electron chi connectivity index (χ2n) is 10.4. The lowest BCUT2D eigenvalue weighted by atomic mass is 9.86. The molecule has 4 aromatic heterocycles. The number of pyridine rings is 1. The third-order valence-corrected chi connectivity index (χ3v) is 8.04. The predicted molar refractivity (Wildman–Crippen MR) is 132 cm³/mol. The number of piperidine rings is 1. The van der Waals surface area contributed by atoms with E-state index in [1.807, 2.05) is 36.8 Å². The third kappa shape index (κ3) is 3.15. The summed E-state index contributed by atoms with van der Waals surface area (Å²) in [4.78, 5) is 17.9. The zero-order valence-corrected chi connectivity index (χ0v) is 19.7. The summed E-state index contributed by atoms with van der Waals surface area (Å²) in [5.41, 5.74) is 14.9. The number of H-pyrrole nitrogens is 1. The Kier molecular flexibility index (Phi) is 4.37. The molecule has 0 aromatic carbocycles. The van der Waals surface area contributed by atoms with Gasteiger partial charge in [0.15, 0.2) is 11.5 Å². The number of aryl methyl sites for hydroxylation is 2. The van der Waals surface area contributed by atoms with E-state index in [9.17, 15) is 0 Å². The summed E-state index contributed by atoms with van der Waals surface area (Å²) in [5, 5.41) is 8.43. The van der Waals surface area contributed by atoms with Crippen molar-refractivity contribution in [3.8, 4) is 22.6 Å². The standard InChI is InChI=1S/C26H30N8/c1-13-14(2)31-25(30-13)21-8-5-16(11-28-21)20-12-29-34-24(27)22(15-3-4-15)23(33-26(20)34)17-9-18-6-7-19(10-17)32-18/h5,8,11-12,15,17-19,32H,3-4,6-7,9-10,27H2,1-2H3,(H,30,31)/t17?,18-,19?/m1/s1. The van der Waals surface area contributed by atoms with E-state index in [0.29, 0.717) is 23.9 Å². The molecule has 1 saturated carbocycles. The Labute approximate surface area is 198 Å². The number of nitrogens with one attached hydrogen (secondary N) is 2. The topological polar surface area (TPSA) is 110 Å². The van der Waals surface area contributed by atoms with Gasteiger partial charge >= 0.3 is 0 Å². The number of hydrogen-bond acceptors (Lipinski definition) is 6. The van der Waals surface area contributed by atoms with E-state index in [1.165, 1.54) is 36.9 Å². The van der Waals surface area contributed by atoms with Gasteiger partial charge in [-0.3, -0.25) is 4.98 Å². The molecule has 7 rings (SSSR count). The van der Waals surface area contributed by atoms with E-state index < -0.39 is 0 Å². The minimum absolute atomic E-state index is 0.468. The number of anilines is 1. The fraction of sp³-hybridized carbons (Fsp3) is 0.462. The summed E-state index contributed by atoms with van der Waals surface area (Å²) in [6.07, 6.45) is 11.0. The average Bonchev–Trinajstić information content (AvgIpc) is 3.37. The molecule has 2 unspecified atom stereocenters. The fourth-order valence-electron chi connectivity index (χ4n) is 5.99. The van der Waals surface area contributed by atoms with Crippen molar-refractivity contribution in [2.45, 2.75) is 76.3 Å². The van der Waals surface area contributed by atoms with Crippen LogP contribution in [0.1, 0.15) is 73.0 Å². The molecule has 0 spiro atoms. The molecule has 8 nitrogen and oxygen atoms in total. The summed E-state index contributed by atoms with van der Waals surface area (Å²) < 4.78 is 1.84. The van der Waals surface area contributed by atoms with Crippen molar-refractivity contribution >= 4 is 11.5 Å². The Balaban J connectivity index is 1.31. The Morgan fingerprint density at radius 1 is 0.971 bits per heavy atom. The van der Waals surface area contributed by atoms with Gasteiger partial charge in [-0.05, 0) is 64.4 Å². The van der Waals surface area contributed by atoms with E-state index in [2.05, 4.69) is 31.4 Å². The molecule has 1 aliphatic carbocycles. The number of fused-ring (bicyclic) bond motifs is 3. The highest BCUT2D eigenvalue weighted by atomic mass is 15.3. The van der Waals surface area contributed by atoms with Gasteiger partial charge < -0.3 is 16.0 Å². The van der Waals surface area contributed by atoms with Gasteiger partial charge in [0.1, 0.15) is 11.5 Å².